The normalized spacial score (nSPS) is 16.9. The van der Waals surface area contributed by atoms with E-state index in [4.69, 9.17) is 0 Å². The molecule has 1 aromatic carbocycles. The second kappa shape index (κ2) is 7.60. The van der Waals surface area contributed by atoms with Gasteiger partial charge in [0, 0.05) is 6.54 Å². The van der Waals surface area contributed by atoms with E-state index in [0.717, 1.165) is 24.4 Å². The first-order valence-corrected chi connectivity index (χ1v) is 8.06. The summed E-state index contributed by atoms with van der Waals surface area (Å²) in [6, 6.07) is 6.27. The molecule has 0 spiro atoms. The van der Waals surface area contributed by atoms with E-state index in [0.29, 0.717) is 6.42 Å². The number of hydrogen-bond acceptors (Lipinski definition) is 2. The largest absolute Gasteiger partial charge is 0.356 e. The van der Waals surface area contributed by atoms with Crippen LogP contribution in [-0.2, 0) is 11.2 Å². The average Bonchev–Trinajstić information content (AvgIpc) is 2.45. The van der Waals surface area contributed by atoms with Gasteiger partial charge in [-0.2, -0.15) is 0 Å². The number of carbonyl (C=O) groups excluding carboxylic acids is 1. The third kappa shape index (κ3) is 5.16. The number of likely N-dealkylation sites (tertiary alicyclic amines) is 1. The van der Waals surface area contributed by atoms with Crippen LogP contribution in [-0.4, -0.2) is 37.5 Å². The third-order valence-electron chi connectivity index (χ3n) is 4.65. The number of benzene rings is 1. The van der Waals surface area contributed by atoms with Gasteiger partial charge in [-0.25, -0.2) is 0 Å². The highest BCUT2D eigenvalue weighted by molar-refractivity contribution is 5.78. The molecule has 0 radical (unpaired) electrons. The van der Waals surface area contributed by atoms with Gasteiger partial charge in [0.25, 0.3) is 0 Å². The van der Waals surface area contributed by atoms with E-state index in [-0.39, 0.29) is 5.91 Å². The van der Waals surface area contributed by atoms with Crippen LogP contribution in [0.2, 0.25) is 0 Å². The van der Waals surface area contributed by atoms with Crippen molar-refractivity contribution in [3.8, 4) is 0 Å². The van der Waals surface area contributed by atoms with Crippen molar-refractivity contribution in [3.05, 3.63) is 34.9 Å². The quantitative estimate of drug-likeness (QED) is 0.903. The average molecular weight is 288 g/mol. The van der Waals surface area contributed by atoms with Crippen LogP contribution in [0.1, 0.15) is 36.0 Å². The lowest BCUT2D eigenvalue weighted by molar-refractivity contribution is -0.120. The second-order valence-corrected chi connectivity index (χ2v) is 6.48. The molecule has 1 heterocycles. The molecule has 0 aliphatic carbocycles. The fourth-order valence-electron chi connectivity index (χ4n) is 2.93. The van der Waals surface area contributed by atoms with E-state index in [1.165, 1.54) is 37.1 Å². The van der Waals surface area contributed by atoms with Gasteiger partial charge in [-0.05, 0) is 75.9 Å². The predicted molar refractivity (Wildman–Crippen MR) is 87.5 cm³/mol. The monoisotopic (exact) mass is 288 g/mol. The van der Waals surface area contributed by atoms with Gasteiger partial charge in [-0.3, -0.25) is 4.79 Å². The van der Waals surface area contributed by atoms with Crippen molar-refractivity contribution in [2.45, 2.75) is 39.5 Å². The molecule has 0 saturated carbocycles. The first kappa shape index (κ1) is 16.0. The van der Waals surface area contributed by atoms with Gasteiger partial charge in [0.2, 0.25) is 5.91 Å². The van der Waals surface area contributed by atoms with Crippen molar-refractivity contribution >= 4 is 5.91 Å². The number of piperidine rings is 1. The van der Waals surface area contributed by atoms with Crippen LogP contribution >= 0.6 is 0 Å². The lowest BCUT2D eigenvalue weighted by Gasteiger charge is -2.28. The van der Waals surface area contributed by atoms with Crippen molar-refractivity contribution in [3.63, 3.8) is 0 Å². The Labute approximate surface area is 128 Å². The Hall–Kier alpha value is -1.35. The van der Waals surface area contributed by atoms with Crippen molar-refractivity contribution in [1.29, 1.82) is 0 Å². The smallest absolute Gasteiger partial charge is 0.224 e. The summed E-state index contributed by atoms with van der Waals surface area (Å²) in [5.74, 6) is 0.925. The van der Waals surface area contributed by atoms with Crippen LogP contribution in [0.3, 0.4) is 0 Å². The zero-order valence-electron chi connectivity index (χ0n) is 13.6. The summed E-state index contributed by atoms with van der Waals surface area (Å²) >= 11 is 0. The molecule has 1 N–H and O–H groups in total. The minimum absolute atomic E-state index is 0.145. The molecule has 21 heavy (non-hydrogen) atoms. The maximum atomic E-state index is 12.0. The summed E-state index contributed by atoms with van der Waals surface area (Å²) in [7, 11) is 2.18. The molecule has 1 aliphatic heterocycles. The van der Waals surface area contributed by atoms with Crippen LogP contribution in [0, 0.1) is 19.8 Å². The van der Waals surface area contributed by atoms with Crippen molar-refractivity contribution < 1.29 is 4.79 Å². The van der Waals surface area contributed by atoms with Crippen LogP contribution < -0.4 is 5.32 Å². The number of carbonyl (C=O) groups is 1. The summed E-state index contributed by atoms with van der Waals surface area (Å²) in [6.07, 6.45) is 4.15. The number of aryl methyl sites for hydroxylation is 2. The third-order valence-corrected chi connectivity index (χ3v) is 4.65. The molecular weight excluding hydrogens is 260 g/mol. The topological polar surface area (TPSA) is 32.3 Å². The van der Waals surface area contributed by atoms with Gasteiger partial charge in [0.15, 0.2) is 0 Å². The van der Waals surface area contributed by atoms with Gasteiger partial charge < -0.3 is 10.2 Å². The zero-order chi connectivity index (χ0) is 15.2. The van der Waals surface area contributed by atoms with Crippen molar-refractivity contribution in [2.24, 2.45) is 5.92 Å². The molecule has 0 unspecified atom stereocenters. The van der Waals surface area contributed by atoms with Gasteiger partial charge in [0.1, 0.15) is 0 Å². The summed E-state index contributed by atoms with van der Waals surface area (Å²) in [6.45, 7) is 7.40. The first-order chi connectivity index (χ1) is 10.0. The maximum Gasteiger partial charge on any atom is 0.224 e. The van der Waals surface area contributed by atoms with Crippen molar-refractivity contribution in [1.82, 2.24) is 10.2 Å². The van der Waals surface area contributed by atoms with E-state index >= 15 is 0 Å². The fourth-order valence-corrected chi connectivity index (χ4v) is 2.93. The number of nitrogens with zero attached hydrogens (tertiary/aromatic N) is 1. The van der Waals surface area contributed by atoms with Crippen LogP contribution in [0.15, 0.2) is 18.2 Å². The molecule has 3 nitrogen and oxygen atoms in total. The zero-order valence-corrected chi connectivity index (χ0v) is 13.6. The molecular formula is C18H28N2O. The minimum atomic E-state index is 0.145. The number of rotatable bonds is 5. The summed E-state index contributed by atoms with van der Waals surface area (Å²) < 4.78 is 0. The number of hydrogen-bond donors (Lipinski definition) is 1. The van der Waals surface area contributed by atoms with Gasteiger partial charge in [-0.1, -0.05) is 18.2 Å². The first-order valence-electron chi connectivity index (χ1n) is 8.06. The van der Waals surface area contributed by atoms with E-state index in [1.54, 1.807) is 0 Å². The molecule has 1 aliphatic rings. The Kier molecular flexibility index (Phi) is 5.80. The fraction of sp³-hybridized carbons (Fsp3) is 0.611. The van der Waals surface area contributed by atoms with Crippen LogP contribution in [0.4, 0.5) is 0 Å². The highest BCUT2D eigenvalue weighted by Crippen LogP contribution is 2.18. The lowest BCUT2D eigenvalue weighted by atomic mass is 9.94. The Morgan fingerprint density at radius 1 is 1.24 bits per heavy atom. The molecule has 1 fully saturated rings. The van der Waals surface area contributed by atoms with E-state index in [1.807, 2.05) is 0 Å². The number of nitrogens with one attached hydrogen (secondary N) is 1. The summed E-state index contributed by atoms with van der Waals surface area (Å²) in [5.41, 5.74) is 3.64. The molecule has 1 amide bonds. The lowest BCUT2D eigenvalue weighted by Crippen LogP contribution is -2.33. The molecule has 0 bridgehead atoms. The predicted octanol–water partition coefficient (Wildman–Crippen LogP) is 2.69. The van der Waals surface area contributed by atoms with Gasteiger partial charge >= 0.3 is 0 Å². The summed E-state index contributed by atoms with van der Waals surface area (Å²) in [5, 5.41) is 3.07. The van der Waals surface area contributed by atoms with Crippen LogP contribution in [0.25, 0.3) is 0 Å². The second-order valence-electron chi connectivity index (χ2n) is 6.48. The van der Waals surface area contributed by atoms with E-state index in [9.17, 15) is 4.79 Å². The standard InChI is InChI=1S/C18H28N2O/c1-14-4-5-17(12-15(14)2)13-18(21)19-9-6-16-7-10-20(3)11-8-16/h4-5,12,16H,6-11,13H2,1-3H3,(H,19,21). The van der Waals surface area contributed by atoms with E-state index < -0.39 is 0 Å². The Bertz CT molecular complexity index is 476. The molecule has 1 saturated heterocycles. The Morgan fingerprint density at radius 2 is 1.95 bits per heavy atom. The van der Waals surface area contributed by atoms with E-state index in [2.05, 4.69) is 49.3 Å². The molecule has 0 aromatic heterocycles. The highest BCUT2D eigenvalue weighted by atomic mass is 16.1. The van der Waals surface area contributed by atoms with Crippen LogP contribution in [0.5, 0.6) is 0 Å². The molecule has 116 valence electrons. The highest BCUT2D eigenvalue weighted by Gasteiger charge is 2.16. The SMILES string of the molecule is Cc1ccc(CC(=O)NCCC2CCN(C)CC2)cc1C. The van der Waals surface area contributed by atoms with Gasteiger partial charge in [-0.15, -0.1) is 0 Å². The van der Waals surface area contributed by atoms with Crippen molar-refractivity contribution in [2.75, 3.05) is 26.7 Å². The maximum absolute atomic E-state index is 12.0. The molecule has 2 rings (SSSR count). The number of amides is 1. The minimum Gasteiger partial charge on any atom is -0.356 e. The summed E-state index contributed by atoms with van der Waals surface area (Å²) in [4.78, 5) is 14.4. The molecule has 1 aromatic rings. The van der Waals surface area contributed by atoms with Gasteiger partial charge in [0.05, 0.1) is 6.42 Å². The molecule has 3 heteroatoms. The molecule has 0 atom stereocenters. The Morgan fingerprint density at radius 3 is 2.62 bits per heavy atom. The Balaban J connectivity index is 1.68.